The van der Waals surface area contributed by atoms with Gasteiger partial charge >= 0.3 is 0 Å². The fraction of sp³-hybridized carbons (Fsp3) is 0.0526. The molecule has 0 aromatic carbocycles. The zero-order valence-electron chi connectivity index (χ0n) is 14.7. The van der Waals surface area contributed by atoms with Crippen LogP contribution in [0.5, 0.6) is 5.88 Å². The number of pyridine rings is 2. The molecule has 8 nitrogen and oxygen atoms in total. The number of aromatic nitrogens is 5. The number of methoxy groups -OCH3 is 1. The van der Waals surface area contributed by atoms with E-state index in [0.29, 0.717) is 39.1 Å². The summed E-state index contributed by atoms with van der Waals surface area (Å²) in [6.07, 6.45) is 11.8. The fourth-order valence-corrected chi connectivity index (χ4v) is 3.39. The minimum atomic E-state index is -1.53. The second kappa shape index (κ2) is 7.46. The summed E-state index contributed by atoms with van der Waals surface area (Å²) in [5.74, 6) is 2.86. The number of terminal acetylenes is 1. The molecule has 9 heteroatoms. The number of imidazole rings is 1. The Bertz CT molecular complexity index is 1220. The van der Waals surface area contributed by atoms with Crippen molar-refractivity contribution in [3.05, 3.63) is 60.8 Å². The van der Waals surface area contributed by atoms with Crippen molar-refractivity contribution < 1.29 is 8.95 Å². The van der Waals surface area contributed by atoms with Crippen molar-refractivity contribution in [2.75, 3.05) is 11.8 Å². The molecule has 0 aliphatic carbocycles. The number of nitrogens with one attached hydrogen (secondary N) is 1. The molecule has 4 aromatic heterocycles. The normalized spacial score (nSPS) is 11.7. The molecule has 0 amide bonds. The Morgan fingerprint density at radius 3 is 2.86 bits per heavy atom. The summed E-state index contributed by atoms with van der Waals surface area (Å²) in [4.78, 5) is 13.0. The summed E-state index contributed by atoms with van der Waals surface area (Å²) in [5.41, 5.74) is 2.99. The lowest BCUT2D eigenvalue weighted by atomic mass is 10.2. The molecule has 0 radical (unpaired) electrons. The van der Waals surface area contributed by atoms with Crippen molar-refractivity contribution in [3.8, 4) is 29.5 Å². The van der Waals surface area contributed by atoms with Gasteiger partial charge < -0.3 is 4.74 Å². The van der Waals surface area contributed by atoms with Gasteiger partial charge in [0.15, 0.2) is 16.6 Å². The molecule has 4 heterocycles. The average molecular weight is 390 g/mol. The van der Waals surface area contributed by atoms with Gasteiger partial charge in [-0.1, -0.05) is 0 Å². The molecular formula is C19H14N6O2S. The van der Waals surface area contributed by atoms with Crippen LogP contribution in [0.25, 0.3) is 16.9 Å². The molecule has 0 saturated carbocycles. The van der Waals surface area contributed by atoms with Crippen LogP contribution in [0.1, 0.15) is 5.69 Å². The second-order valence-corrected chi connectivity index (χ2v) is 6.83. The van der Waals surface area contributed by atoms with E-state index in [1.807, 2.05) is 12.1 Å². The quantitative estimate of drug-likeness (QED) is 0.526. The van der Waals surface area contributed by atoms with E-state index in [1.54, 1.807) is 41.3 Å². The van der Waals surface area contributed by atoms with Crippen LogP contribution >= 0.6 is 0 Å². The van der Waals surface area contributed by atoms with Gasteiger partial charge in [0.2, 0.25) is 5.88 Å². The van der Waals surface area contributed by atoms with E-state index in [4.69, 9.17) is 11.2 Å². The summed E-state index contributed by atoms with van der Waals surface area (Å²) in [6, 6.07) is 8.83. The maximum Gasteiger partial charge on any atom is 0.238 e. The molecule has 0 saturated heterocycles. The second-order valence-electron chi connectivity index (χ2n) is 5.62. The number of hydrogen-bond acceptors (Lipinski definition) is 6. The van der Waals surface area contributed by atoms with Crippen LogP contribution in [0.2, 0.25) is 0 Å². The van der Waals surface area contributed by atoms with E-state index in [-0.39, 0.29) is 0 Å². The smallest absolute Gasteiger partial charge is 0.238 e. The van der Waals surface area contributed by atoms with Gasteiger partial charge in [-0.25, -0.2) is 18.7 Å². The third-order valence-corrected chi connectivity index (χ3v) is 4.98. The number of hydrogen-bond donors (Lipinski definition) is 1. The van der Waals surface area contributed by atoms with Crippen LogP contribution in [-0.2, 0) is 11.0 Å². The Balaban J connectivity index is 1.72. The molecule has 1 unspecified atom stereocenters. The summed E-state index contributed by atoms with van der Waals surface area (Å²) in [6.45, 7) is 0. The highest BCUT2D eigenvalue weighted by atomic mass is 32.2. The number of anilines is 1. The monoisotopic (exact) mass is 390 g/mol. The zero-order valence-corrected chi connectivity index (χ0v) is 15.6. The predicted octanol–water partition coefficient (Wildman–Crippen LogP) is 2.31. The highest BCUT2D eigenvalue weighted by Crippen LogP contribution is 2.28. The van der Waals surface area contributed by atoms with Gasteiger partial charge in [-0.05, 0) is 36.3 Å². The third kappa shape index (κ3) is 3.28. The first-order valence-corrected chi connectivity index (χ1v) is 9.29. The van der Waals surface area contributed by atoms with Gasteiger partial charge in [-0.3, -0.25) is 9.71 Å². The van der Waals surface area contributed by atoms with Crippen molar-refractivity contribution in [1.29, 1.82) is 0 Å². The Morgan fingerprint density at radius 1 is 1.21 bits per heavy atom. The van der Waals surface area contributed by atoms with Crippen LogP contribution in [-0.4, -0.2) is 35.9 Å². The van der Waals surface area contributed by atoms with E-state index in [9.17, 15) is 4.21 Å². The highest BCUT2D eigenvalue weighted by Gasteiger charge is 2.13. The lowest BCUT2D eigenvalue weighted by molar-refractivity contribution is 0.400. The molecular weight excluding hydrogens is 376 g/mol. The predicted molar refractivity (Wildman–Crippen MR) is 105 cm³/mol. The van der Waals surface area contributed by atoms with Crippen molar-refractivity contribution in [2.24, 2.45) is 0 Å². The van der Waals surface area contributed by atoms with Crippen LogP contribution in [0, 0.1) is 12.3 Å². The van der Waals surface area contributed by atoms with E-state index < -0.39 is 11.0 Å². The maximum absolute atomic E-state index is 12.6. The molecule has 28 heavy (non-hydrogen) atoms. The average Bonchev–Trinajstić information content (AvgIpc) is 3.16. The van der Waals surface area contributed by atoms with Crippen molar-refractivity contribution in [2.45, 2.75) is 4.90 Å². The van der Waals surface area contributed by atoms with E-state index in [1.165, 1.54) is 13.3 Å². The Labute approximate surface area is 163 Å². The molecule has 0 aliphatic rings. The number of rotatable bonds is 5. The summed E-state index contributed by atoms with van der Waals surface area (Å²) >= 11 is 0. The summed E-state index contributed by atoms with van der Waals surface area (Å²) < 4.78 is 22.4. The zero-order chi connectivity index (χ0) is 19.5. The highest BCUT2D eigenvalue weighted by molar-refractivity contribution is 7.86. The maximum atomic E-state index is 12.6. The number of fused-ring (bicyclic) bond motifs is 1. The lowest BCUT2D eigenvalue weighted by Gasteiger charge is -2.11. The topological polar surface area (TPSA) is 94.3 Å². The van der Waals surface area contributed by atoms with Gasteiger partial charge in [0.25, 0.3) is 0 Å². The van der Waals surface area contributed by atoms with Gasteiger partial charge in [0.1, 0.15) is 11.4 Å². The van der Waals surface area contributed by atoms with Crippen LogP contribution in [0.15, 0.2) is 60.0 Å². The first-order valence-electron chi connectivity index (χ1n) is 8.14. The largest absolute Gasteiger partial charge is 0.480 e. The summed E-state index contributed by atoms with van der Waals surface area (Å²) in [5, 5.41) is 4.53. The molecule has 4 rings (SSSR count). The SMILES string of the molecule is C#Cc1cnc2ccc(-c3cnc(OC)c(NS(=O)c4cccnc4)c3)nn12. The minimum Gasteiger partial charge on any atom is -0.480 e. The first kappa shape index (κ1) is 17.6. The van der Waals surface area contributed by atoms with Gasteiger partial charge in [0.05, 0.1) is 23.9 Å². The Kier molecular flexibility index (Phi) is 4.70. The van der Waals surface area contributed by atoms with E-state index in [0.717, 1.165) is 0 Å². The molecule has 0 aliphatic heterocycles. The molecule has 0 bridgehead atoms. The number of ether oxygens (including phenoxy) is 1. The van der Waals surface area contributed by atoms with E-state index in [2.05, 4.69) is 30.7 Å². The Morgan fingerprint density at radius 2 is 2.11 bits per heavy atom. The fourth-order valence-electron chi connectivity index (χ4n) is 2.57. The minimum absolute atomic E-state index is 0.314. The van der Waals surface area contributed by atoms with Gasteiger partial charge in [-0.2, -0.15) is 5.10 Å². The first-order chi connectivity index (χ1) is 13.7. The molecule has 138 valence electrons. The molecule has 1 atom stereocenters. The Hall–Kier alpha value is -3.77. The van der Waals surface area contributed by atoms with Gasteiger partial charge in [0, 0.05) is 24.2 Å². The standard InChI is InChI=1S/C19H14N6O2S/c1-3-14-11-21-18-7-6-16(23-25(14)18)13-9-17(19(27-2)22-10-13)24-28(26)15-5-4-8-20-12-15/h1,4-12,24H,2H3. The van der Waals surface area contributed by atoms with Crippen molar-refractivity contribution in [3.63, 3.8) is 0 Å². The van der Waals surface area contributed by atoms with E-state index >= 15 is 0 Å². The lowest BCUT2D eigenvalue weighted by Crippen LogP contribution is -2.07. The molecule has 4 aromatic rings. The molecule has 1 N–H and O–H groups in total. The van der Waals surface area contributed by atoms with Crippen LogP contribution in [0.4, 0.5) is 5.69 Å². The van der Waals surface area contributed by atoms with Crippen LogP contribution < -0.4 is 9.46 Å². The molecule has 0 fully saturated rings. The molecule has 0 spiro atoms. The number of nitrogens with zero attached hydrogens (tertiary/aromatic N) is 5. The van der Waals surface area contributed by atoms with Crippen molar-refractivity contribution >= 4 is 22.3 Å². The van der Waals surface area contributed by atoms with Crippen molar-refractivity contribution in [1.82, 2.24) is 24.6 Å². The van der Waals surface area contributed by atoms with Crippen LogP contribution in [0.3, 0.4) is 0 Å². The summed E-state index contributed by atoms with van der Waals surface area (Å²) in [7, 11) is -0.0313. The van der Waals surface area contributed by atoms with Gasteiger partial charge in [-0.15, -0.1) is 6.42 Å². The third-order valence-electron chi connectivity index (χ3n) is 3.90.